The molecule has 24 heavy (non-hydrogen) atoms. The van der Waals surface area contributed by atoms with E-state index in [2.05, 4.69) is 36.4 Å². The van der Waals surface area contributed by atoms with Crippen LogP contribution < -0.4 is 10.7 Å². The molecular formula is C20H18N2O2. The number of hydrogen-bond acceptors (Lipinski definition) is 4. The van der Waals surface area contributed by atoms with Crippen LogP contribution in [0, 0.1) is 11.8 Å². The summed E-state index contributed by atoms with van der Waals surface area (Å²) in [6.07, 6.45) is 0. The predicted molar refractivity (Wildman–Crippen MR) is 95.3 cm³/mol. The van der Waals surface area contributed by atoms with Crippen LogP contribution in [0.2, 0.25) is 0 Å². The highest BCUT2D eigenvalue weighted by atomic mass is 16.6. The molecule has 0 fully saturated rings. The molecule has 4 nitrogen and oxygen atoms in total. The van der Waals surface area contributed by atoms with Gasteiger partial charge in [-0.05, 0) is 53.1 Å². The zero-order chi connectivity index (χ0) is 16.9. The second kappa shape index (κ2) is 7.06. The molecule has 4 heteroatoms. The molecular weight excluding hydrogens is 300 g/mol. The lowest BCUT2D eigenvalue weighted by atomic mass is 9.85. The second-order valence-corrected chi connectivity index (χ2v) is 5.71. The molecule has 0 heterocycles. The Morgan fingerprint density at radius 1 is 0.792 bits per heavy atom. The third kappa shape index (κ3) is 3.34. The third-order valence-corrected chi connectivity index (χ3v) is 4.09. The fraction of sp³-hybridized carbons (Fsp3) is 0.100. The summed E-state index contributed by atoms with van der Waals surface area (Å²) in [4.78, 5) is 15.4. The first kappa shape index (κ1) is 15.9. The molecule has 0 amide bonds. The van der Waals surface area contributed by atoms with Crippen molar-refractivity contribution in [3.8, 4) is 5.75 Å². The third-order valence-electron chi connectivity index (χ3n) is 4.09. The van der Waals surface area contributed by atoms with E-state index in [4.69, 9.17) is 10.7 Å². The zero-order valence-corrected chi connectivity index (χ0v) is 13.3. The summed E-state index contributed by atoms with van der Waals surface area (Å²) in [7, 11) is 0. The van der Waals surface area contributed by atoms with Crippen LogP contribution in [0.5, 0.6) is 5.75 Å². The molecule has 3 rings (SSSR count). The molecule has 3 aromatic rings. The first-order valence-corrected chi connectivity index (χ1v) is 7.68. The average Bonchev–Trinajstić information content (AvgIpc) is 2.64. The van der Waals surface area contributed by atoms with Crippen molar-refractivity contribution >= 4 is 5.69 Å². The molecule has 0 bridgehead atoms. The first-order valence-electron chi connectivity index (χ1n) is 7.68. The Hall–Kier alpha value is -2.98. The van der Waals surface area contributed by atoms with Crippen molar-refractivity contribution in [3.63, 3.8) is 0 Å². The monoisotopic (exact) mass is 318 g/mol. The predicted octanol–water partition coefficient (Wildman–Crippen LogP) is 4.83. The highest BCUT2D eigenvalue weighted by Crippen LogP contribution is 2.33. The van der Waals surface area contributed by atoms with Gasteiger partial charge in [-0.1, -0.05) is 54.1 Å². The Labute approximate surface area is 140 Å². The number of aryl methyl sites for hydroxylation is 1. The first-order chi connectivity index (χ1) is 11.7. The van der Waals surface area contributed by atoms with Gasteiger partial charge in [0.1, 0.15) is 11.4 Å². The van der Waals surface area contributed by atoms with E-state index in [1.165, 1.54) is 11.1 Å². The number of nitrogens with two attached hydrogens (primary N) is 1. The fourth-order valence-corrected chi connectivity index (χ4v) is 2.80. The van der Waals surface area contributed by atoms with E-state index in [0.717, 1.165) is 11.1 Å². The maximum atomic E-state index is 10.7. The van der Waals surface area contributed by atoms with Gasteiger partial charge in [0.25, 0.3) is 0 Å². The summed E-state index contributed by atoms with van der Waals surface area (Å²) in [5.41, 5.74) is 5.02. The van der Waals surface area contributed by atoms with Crippen LogP contribution in [0.25, 0.3) is 0 Å². The van der Waals surface area contributed by atoms with Gasteiger partial charge in [0.15, 0.2) is 0 Å². The van der Waals surface area contributed by atoms with Gasteiger partial charge in [-0.2, -0.15) is 5.90 Å². The van der Waals surface area contributed by atoms with Gasteiger partial charge in [-0.15, -0.1) is 4.91 Å². The Kier molecular flexibility index (Phi) is 4.68. The summed E-state index contributed by atoms with van der Waals surface area (Å²) in [6.45, 7) is 2.07. The van der Waals surface area contributed by atoms with Gasteiger partial charge in [-0.25, -0.2) is 0 Å². The van der Waals surface area contributed by atoms with E-state index in [1.54, 1.807) is 12.1 Å². The van der Waals surface area contributed by atoms with E-state index in [9.17, 15) is 4.91 Å². The van der Waals surface area contributed by atoms with Crippen LogP contribution in [0.3, 0.4) is 0 Å². The lowest BCUT2D eigenvalue weighted by molar-refractivity contribution is 0.334. The van der Waals surface area contributed by atoms with Gasteiger partial charge in [0.05, 0.1) is 0 Å². The molecule has 0 aromatic heterocycles. The van der Waals surface area contributed by atoms with Crippen molar-refractivity contribution in [3.05, 3.63) is 100.0 Å². The van der Waals surface area contributed by atoms with E-state index >= 15 is 0 Å². The van der Waals surface area contributed by atoms with Gasteiger partial charge in [0.2, 0.25) is 0 Å². The topological polar surface area (TPSA) is 64.7 Å². The maximum Gasteiger partial charge on any atom is 0.146 e. The van der Waals surface area contributed by atoms with E-state index < -0.39 is 0 Å². The van der Waals surface area contributed by atoms with Crippen LogP contribution in [-0.4, -0.2) is 0 Å². The lowest BCUT2D eigenvalue weighted by Crippen LogP contribution is -2.05. The van der Waals surface area contributed by atoms with Crippen molar-refractivity contribution in [2.75, 3.05) is 0 Å². The van der Waals surface area contributed by atoms with Crippen LogP contribution in [0.4, 0.5) is 5.69 Å². The summed E-state index contributed by atoms with van der Waals surface area (Å²) in [5, 5.41) is 2.97. The molecule has 0 aliphatic rings. The molecule has 0 spiro atoms. The number of benzene rings is 3. The number of nitrogens with zero attached hydrogens (tertiary/aromatic N) is 1. The molecule has 0 radical (unpaired) electrons. The molecule has 0 aliphatic carbocycles. The fourth-order valence-electron chi connectivity index (χ4n) is 2.80. The largest absolute Gasteiger partial charge is 0.412 e. The standard InChI is InChI=1S/C20H18N2O2/c1-14-2-4-15(5-3-14)20(16-6-10-18(22-23)11-7-16)17-8-12-19(24-21)13-9-17/h2-13,20H,21H2,1H3. The molecule has 0 saturated heterocycles. The smallest absolute Gasteiger partial charge is 0.146 e. The van der Waals surface area contributed by atoms with Crippen LogP contribution in [-0.2, 0) is 0 Å². The van der Waals surface area contributed by atoms with Crippen LogP contribution in [0.15, 0.2) is 78.0 Å². The quantitative estimate of drug-likeness (QED) is 0.416. The number of hydrogen-bond donors (Lipinski definition) is 1. The Morgan fingerprint density at radius 3 is 1.71 bits per heavy atom. The van der Waals surface area contributed by atoms with Crippen molar-refractivity contribution in [2.45, 2.75) is 12.8 Å². The van der Waals surface area contributed by atoms with E-state index in [0.29, 0.717) is 11.4 Å². The zero-order valence-electron chi connectivity index (χ0n) is 13.3. The van der Waals surface area contributed by atoms with Crippen LogP contribution in [0.1, 0.15) is 28.2 Å². The SMILES string of the molecule is Cc1ccc(C(c2ccc(N=O)cc2)c2ccc(ON)cc2)cc1. The van der Waals surface area contributed by atoms with Gasteiger partial charge >= 0.3 is 0 Å². The second-order valence-electron chi connectivity index (χ2n) is 5.71. The minimum absolute atomic E-state index is 0.0538. The summed E-state index contributed by atoms with van der Waals surface area (Å²) in [5.74, 6) is 5.87. The Morgan fingerprint density at radius 2 is 1.25 bits per heavy atom. The molecule has 1 atom stereocenters. The van der Waals surface area contributed by atoms with Crippen molar-refractivity contribution < 1.29 is 4.84 Å². The average molecular weight is 318 g/mol. The normalized spacial score (nSPS) is 11.8. The molecule has 2 N–H and O–H groups in total. The minimum atomic E-state index is 0.0538. The van der Waals surface area contributed by atoms with Crippen LogP contribution >= 0.6 is 0 Å². The minimum Gasteiger partial charge on any atom is -0.412 e. The number of nitroso groups, excluding NO2 is 1. The Bertz CT molecular complexity index is 810. The van der Waals surface area contributed by atoms with Gasteiger partial charge in [-0.3, -0.25) is 0 Å². The van der Waals surface area contributed by atoms with Gasteiger partial charge in [0, 0.05) is 5.92 Å². The summed E-state index contributed by atoms with van der Waals surface area (Å²) >= 11 is 0. The lowest BCUT2D eigenvalue weighted by Gasteiger charge is -2.19. The molecule has 3 aromatic carbocycles. The maximum absolute atomic E-state index is 10.7. The van der Waals surface area contributed by atoms with Gasteiger partial charge < -0.3 is 4.84 Å². The van der Waals surface area contributed by atoms with E-state index in [1.807, 2.05) is 36.4 Å². The summed E-state index contributed by atoms with van der Waals surface area (Å²) < 4.78 is 0. The summed E-state index contributed by atoms with van der Waals surface area (Å²) in [6, 6.07) is 23.5. The highest BCUT2D eigenvalue weighted by Gasteiger charge is 2.17. The highest BCUT2D eigenvalue weighted by molar-refractivity contribution is 5.48. The molecule has 0 aliphatic heterocycles. The molecule has 1 unspecified atom stereocenters. The Balaban J connectivity index is 2.07. The van der Waals surface area contributed by atoms with Crippen molar-refractivity contribution in [1.82, 2.24) is 0 Å². The molecule has 120 valence electrons. The van der Waals surface area contributed by atoms with Crippen molar-refractivity contribution in [2.24, 2.45) is 11.1 Å². The van der Waals surface area contributed by atoms with Crippen molar-refractivity contribution in [1.29, 1.82) is 0 Å². The van der Waals surface area contributed by atoms with E-state index in [-0.39, 0.29) is 5.92 Å². The molecule has 0 saturated carbocycles. The number of rotatable bonds is 5.